The molecular weight excluding hydrogens is 412 g/mol. The summed E-state index contributed by atoms with van der Waals surface area (Å²) in [4.78, 5) is 24.6. The summed E-state index contributed by atoms with van der Waals surface area (Å²) in [6, 6.07) is 5.62. The van der Waals surface area contributed by atoms with E-state index in [0.29, 0.717) is 41.7 Å². The lowest BCUT2D eigenvalue weighted by Gasteiger charge is -2.18. The molecule has 1 aliphatic heterocycles. The van der Waals surface area contributed by atoms with Gasteiger partial charge in [0.05, 0.1) is 17.0 Å². The minimum atomic E-state index is -4.64. The number of aromatic nitrogens is 3. The van der Waals surface area contributed by atoms with Crippen LogP contribution in [-0.2, 0) is 19.0 Å². The van der Waals surface area contributed by atoms with Crippen molar-refractivity contribution in [1.29, 1.82) is 0 Å². The highest BCUT2D eigenvalue weighted by Crippen LogP contribution is 2.31. The van der Waals surface area contributed by atoms with Gasteiger partial charge in [0.2, 0.25) is 0 Å². The molecule has 0 atom stereocenters. The Kier molecular flexibility index (Phi) is 6.62. The number of benzene rings is 1. The second-order valence-corrected chi connectivity index (χ2v) is 6.61. The number of rotatable bonds is 3. The van der Waals surface area contributed by atoms with Gasteiger partial charge in [-0.25, -0.2) is 14.4 Å². The average Bonchev–Trinajstić information content (AvgIpc) is 2.74. The Morgan fingerprint density at radius 1 is 1.06 bits per heavy atom. The molecule has 1 aromatic carbocycles. The topological polar surface area (TPSA) is 67.8 Å². The monoisotopic (exact) mass is 432 g/mol. The molecule has 0 spiro atoms. The van der Waals surface area contributed by atoms with Gasteiger partial charge in [-0.1, -0.05) is 13.8 Å². The van der Waals surface area contributed by atoms with Crippen molar-refractivity contribution in [3.63, 3.8) is 0 Å². The first-order valence-corrected chi connectivity index (χ1v) is 9.75. The lowest BCUT2D eigenvalue weighted by Crippen LogP contribution is -2.32. The summed E-state index contributed by atoms with van der Waals surface area (Å²) in [5, 5.41) is 2.76. The zero-order chi connectivity index (χ0) is 22.6. The Labute approximate surface area is 176 Å². The van der Waals surface area contributed by atoms with Crippen molar-refractivity contribution in [3.8, 4) is 11.4 Å². The van der Waals surface area contributed by atoms with Crippen LogP contribution in [0.4, 0.5) is 17.6 Å². The van der Waals surface area contributed by atoms with E-state index in [0.717, 1.165) is 17.7 Å². The molecule has 31 heavy (non-hydrogen) atoms. The number of hydrogen-bond acceptors (Lipinski definition) is 4. The Bertz CT molecular complexity index is 1100. The third-order valence-corrected chi connectivity index (χ3v) is 4.60. The fourth-order valence-electron chi connectivity index (χ4n) is 3.32. The van der Waals surface area contributed by atoms with Crippen LogP contribution in [0.25, 0.3) is 11.4 Å². The summed E-state index contributed by atoms with van der Waals surface area (Å²) in [6.45, 7) is 4.48. The van der Waals surface area contributed by atoms with Crippen molar-refractivity contribution in [3.05, 3.63) is 76.6 Å². The Hall–Kier alpha value is -3.36. The van der Waals surface area contributed by atoms with Gasteiger partial charge in [-0.15, -0.1) is 0 Å². The highest BCUT2D eigenvalue weighted by molar-refractivity contribution is 5.98. The van der Waals surface area contributed by atoms with Crippen molar-refractivity contribution in [2.45, 2.75) is 32.9 Å². The van der Waals surface area contributed by atoms with E-state index in [1.165, 1.54) is 12.5 Å². The summed E-state index contributed by atoms with van der Waals surface area (Å²) >= 11 is 0. The van der Waals surface area contributed by atoms with Crippen molar-refractivity contribution >= 4 is 5.91 Å². The SMILES string of the molecule is CC.O=C1NCCc2c1ccnc2-c1cc(Cc2cc(F)cc(C(F)(F)F)c2)ncn1. The van der Waals surface area contributed by atoms with Gasteiger partial charge in [0.25, 0.3) is 5.91 Å². The number of amides is 1. The van der Waals surface area contributed by atoms with Crippen LogP contribution in [0.5, 0.6) is 0 Å². The predicted molar refractivity (Wildman–Crippen MR) is 107 cm³/mol. The van der Waals surface area contributed by atoms with E-state index in [2.05, 4.69) is 20.3 Å². The number of nitrogens with zero attached hydrogens (tertiary/aromatic N) is 3. The first kappa shape index (κ1) is 22.3. The van der Waals surface area contributed by atoms with Crippen molar-refractivity contribution < 1.29 is 22.4 Å². The van der Waals surface area contributed by atoms with E-state index in [9.17, 15) is 22.4 Å². The van der Waals surface area contributed by atoms with Crippen LogP contribution in [-0.4, -0.2) is 27.4 Å². The van der Waals surface area contributed by atoms with E-state index < -0.39 is 17.6 Å². The lowest BCUT2D eigenvalue weighted by molar-refractivity contribution is -0.137. The van der Waals surface area contributed by atoms with Crippen molar-refractivity contribution in [2.24, 2.45) is 0 Å². The summed E-state index contributed by atoms with van der Waals surface area (Å²) in [7, 11) is 0. The van der Waals surface area contributed by atoms with Crippen molar-refractivity contribution in [2.75, 3.05) is 6.54 Å². The molecule has 0 aliphatic carbocycles. The van der Waals surface area contributed by atoms with Crippen LogP contribution in [0.1, 0.15) is 46.6 Å². The fourth-order valence-corrected chi connectivity index (χ4v) is 3.32. The minimum absolute atomic E-state index is 0.00807. The summed E-state index contributed by atoms with van der Waals surface area (Å²) in [5.74, 6) is -1.16. The maximum Gasteiger partial charge on any atom is 0.416 e. The maximum absolute atomic E-state index is 13.6. The molecule has 0 saturated carbocycles. The molecule has 162 valence electrons. The molecule has 0 radical (unpaired) electrons. The number of pyridine rings is 1. The van der Waals surface area contributed by atoms with E-state index in [1.54, 1.807) is 12.1 Å². The third kappa shape index (κ3) is 5.04. The highest BCUT2D eigenvalue weighted by atomic mass is 19.4. The Morgan fingerprint density at radius 2 is 1.84 bits per heavy atom. The molecule has 1 aliphatic rings. The molecule has 3 heterocycles. The van der Waals surface area contributed by atoms with E-state index in [1.807, 2.05) is 13.8 Å². The van der Waals surface area contributed by atoms with Crippen LogP contribution >= 0.6 is 0 Å². The van der Waals surface area contributed by atoms with E-state index in [-0.39, 0.29) is 17.9 Å². The number of hydrogen-bond donors (Lipinski definition) is 1. The second kappa shape index (κ2) is 9.20. The van der Waals surface area contributed by atoms with Crippen LogP contribution < -0.4 is 5.32 Å². The van der Waals surface area contributed by atoms with Gasteiger partial charge in [-0.3, -0.25) is 9.78 Å². The molecule has 0 fully saturated rings. The molecule has 0 saturated heterocycles. The van der Waals surface area contributed by atoms with Crippen LogP contribution in [0, 0.1) is 5.82 Å². The maximum atomic E-state index is 13.6. The minimum Gasteiger partial charge on any atom is -0.352 e. The molecular formula is C22H20F4N4O. The second-order valence-electron chi connectivity index (χ2n) is 6.61. The summed E-state index contributed by atoms with van der Waals surface area (Å²) in [6.07, 6.45) is -1.28. The largest absolute Gasteiger partial charge is 0.416 e. The van der Waals surface area contributed by atoms with Crippen LogP contribution in [0.2, 0.25) is 0 Å². The first-order valence-electron chi connectivity index (χ1n) is 9.75. The van der Waals surface area contributed by atoms with Gasteiger partial charge in [0.1, 0.15) is 12.1 Å². The lowest BCUT2D eigenvalue weighted by atomic mass is 9.97. The molecule has 0 unspecified atom stereocenters. The molecule has 1 N–H and O–H groups in total. The van der Waals surface area contributed by atoms with Crippen LogP contribution in [0.15, 0.2) is 42.9 Å². The van der Waals surface area contributed by atoms with Gasteiger partial charge in [-0.05, 0) is 47.9 Å². The molecule has 3 aromatic rings. The number of halogens is 4. The highest BCUT2D eigenvalue weighted by Gasteiger charge is 2.31. The zero-order valence-corrected chi connectivity index (χ0v) is 16.9. The molecule has 1 amide bonds. The summed E-state index contributed by atoms with van der Waals surface area (Å²) < 4.78 is 52.4. The molecule has 2 aromatic heterocycles. The Morgan fingerprint density at radius 3 is 2.58 bits per heavy atom. The average molecular weight is 432 g/mol. The number of carbonyl (C=O) groups excluding carboxylic acids is 1. The van der Waals surface area contributed by atoms with Gasteiger partial charge < -0.3 is 5.32 Å². The number of carbonyl (C=O) groups is 1. The smallest absolute Gasteiger partial charge is 0.352 e. The van der Waals surface area contributed by atoms with Gasteiger partial charge in [0, 0.05) is 30.4 Å². The van der Waals surface area contributed by atoms with Crippen LogP contribution in [0.3, 0.4) is 0 Å². The quantitative estimate of drug-likeness (QED) is 0.615. The predicted octanol–water partition coefficient (Wildman–Crippen LogP) is 4.60. The van der Waals surface area contributed by atoms with E-state index in [4.69, 9.17) is 0 Å². The van der Waals surface area contributed by atoms with Gasteiger partial charge in [-0.2, -0.15) is 13.2 Å². The number of fused-ring (bicyclic) bond motifs is 1. The molecule has 4 rings (SSSR count). The van der Waals surface area contributed by atoms with E-state index >= 15 is 0 Å². The fraction of sp³-hybridized carbons (Fsp3) is 0.273. The zero-order valence-electron chi connectivity index (χ0n) is 16.9. The van der Waals surface area contributed by atoms with Gasteiger partial charge in [0.15, 0.2) is 0 Å². The normalized spacial score (nSPS) is 13.0. The summed E-state index contributed by atoms with van der Waals surface area (Å²) in [5.41, 5.74) is 1.75. The van der Waals surface area contributed by atoms with Crippen molar-refractivity contribution in [1.82, 2.24) is 20.3 Å². The van der Waals surface area contributed by atoms with Gasteiger partial charge >= 0.3 is 6.18 Å². The molecule has 5 nitrogen and oxygen atoms in total. The standard InChI is InChI=1S/C20H14F4N4O.C2H6/c21-13-6-11(5-12(8-13)20(22,23)24)7-14-9-17(28-10-27-14)18-15-1-4-26-19(29)16(15)2-3-25-18;1-2/h2-3,5-6,8-10H,1,4,7H2,(H,26,29);1-2H3. The number of alkyl halides is 3. The molecule has 9 heteroatoms. The Balaban J connectivity index is 0.00000132. The molecule has 0 bridgehead atoms. The first-order chi connectivity index (χ1) is 14.8. The third-order valence-electron chi connectivity index (χ3n) is 4.60. The number of nitrogens with one attached hydrogen (secondary N) is 1.